The first-order valence-corrected chi connectivity index (χ1v) is 18.9. The SMILES string of the molecule is c1ccc(-c2cccc3c2oc2c4ccccc4ccc32)c(CN(c2ccc(-c3ccc4ccccc4c3)cc2)c2ccc3c(ccc4ccccc43)c2)c1. The van der Waals surface area contributed by atoms with E-state index in [4.69, 9.17) is 4.42 Å². The molecule has 0 atom stereocenters. The van der Waals surface area contributed by atoms with Gasteiger partial charge in [0, 0.05) is 39.6 Å². The number of hydrogen-bond acceptors (Lipinski definition) is 2. The second-order valence-electron chi connectivity index (χ2n) is 14.5. The Kier molecular flexibility index (Phi) is 7.28. The molecular weight excluding hydrogens is 667 g/mol. The molecule has 55 heavy (non-hydrogen) atoms. The van der Waals surface area contributed by atoms with Gasteiger partial charge in [0.1, 0.15) is 11.2 Å². The predicted octanol–water partition coefficient (Wildman–Crippen LogP) is 14.9. The van der Waals surface area contributed by atoms with Gasteiger partial charge in [-0.25, -0.2) is 0 Å². The highest BCUT2D eigenvalue weighted by Crippen LogP contribution is 2.41. The first-order chi connectivity index (χ1) is 27.2. The lowest BCUT2D eigenvalue weighted by Gasteiger charge is -2.27. The van der Waals surface area contributed by atoms with Crippen molar-refractivity contribution in [2.75, 3.05) is 4.90 Å². The van der Waals surface area contributed by atoms with E-state index in [9.17, 15) is 0 Å². The van der Waals surface area contributed by atoms with Crippen LogP contribution >= 0.6 is 0 Å². The van der Waals surface area contributed by atoms with E-state index in [0.29, 0.717) is 6.54 Å². The molecule has 11 aromatic rings. The monoisotopic (exact) mass is 701 g/mol. The van der Waals surface area contributed by atoms with Crippen molar-refractivity contribution in [2.24, 2.45) is 0 Å². The van der Waals surface area contributed by atoms with E-state index in [2.05, 4.69) is 205 Å². The van der Waals surface area contributed by atoms with Crippen molar-refractivity contribution in [1.29, 1.82) is 0 Å². The number of benzene rings is 10. The van der Waals surface area contributed by atoms with Crippen LogP contribution in [-0.2, 0) is 6.54 Å². The molecule has 10 aromatic carbocycles. The highest BCUT2D eigenvalue weighted by molar-refractivity contribution is 6.17. The topological polar surface area (TPSA) is 16.4 Å². The molecule has 0 bridgehead atoms. The summed E-state index contributed by atoms with van der Waals surface area (Å²) in [5.41, 5.74) is 10.0. The van der Waals surface area contributed by atoms with Crippen LogP contribution in [0, 0.1) is 0 Å². The Morgan fingerprint density at radius 3 is 1.76 bits per heavy atom. The van der Waals surface area contributed by atoms with E-state index >= 15 is 0 Å². The molecule has 0 saturated heterocycles. The fourth-order valence-corrected chi connectivity index (χ4v) is 8.53. The molecule has 0 spiro atoms. The van der Waals surface area contributed by atoms with Gasteiger partial charge in [0.05, 0.1) is 0 Å². The number of hydrogen-bond donors (Lipinski definition) is 0. The van der Waals surface area contributed by atoms with Crippen LogP contribution in [0.5, 0.6) is 0 Å². The number of para-hydroxylation sites is 1. The van der Waals surface area contributed by atoms with Crippen molar-refractivity contribution >= 4 is 76.4 Å². The van der Waals surface area contributed by atoms with Crippen molar-refractivity contribution in [3.8, 4) is 22.3 Å². The van der Waals surface area contributed by atoms with Crippen LogP contribution in [0.3, 0.4) is 0 Å². The van der Waals surface area contributed by atoms with Crippen LogP contribution in [0.25, 0.3) is 87.3 Å². The maximum atomic E-state index is 6.83. The second kappa shape index (κ2) is 12.8. The summed E-state index contributed by atoms with van der Waals surface area (Å²) in [6, 6.07) is 72.6. The molecule has 1 heterocycles. The average Bonchev–Trinajstić information content (AvgIpc) is 3.65. The lowest BCUT2D eigenvalue weighted by atomic mass is 9.96. The maximum absolute atomic E-state index is 6.83. The van der Waals surface area contributed by atoms with Crippen molar-refractivity contribution < 1.29 is 4.42 Å². The number of anilines is 2. The third-order valence-electron chi connectivity index (χ3n) is 11.3. The quantitative estimate of drug-likeness (QED) is 0.161. The number of furan rings is 1. The fraction of sp³-hybridized carbons (Fsp3) is 0.0189. The average molecular weight is 702 g/mol. The molecule has 0 aliphatic rings. The maximum Gasteiger partial charge on any atom is 0.143 e. The smallest absolute Gasteiger partial charge is 0.143 e. The normalized spacial score (nSPS) is 11.7. The van der Waals surface area contributed by atoms with Crippen LogP contribution in [0.2, 0.25) is 0 Å². The van der Waals surface area contributed by atoms with Crippen LogP contribution in [-0.4, -0.2) is 0 Å². The third-order valence-corrected chi connectivity index (χ3v) is 11.3. The Hall–Kier alpha value is -7.16. The van der Waals surface area contributed by atoms with E-state index in [0.717, 1.165) is 44.3 Å². The molecule has 2 heteroatoms. The highest BCUT2D eigenvalue weighted by atomic mass is 16.3. The predicted molar refractivity (Wildman–Crippen MR) is 233 cm³/mol. The molecule has 1 aromatic heterocycles. The Balaban J connectivity index is 1.05. The molecule has 0 radical (unpaired) electrons. The van der Waals surface area contributed by atoms with E-state index in [1.807, 2.05) is 0 Å². The third kappa shape index (κ3) is 5.34. The van der Waals surface area contributed by atoms with Gasteiger partial charge in [0.2, 0.25) is 0 Å². The molecule has 11 rings (SSSR count). The van der Waals surface area contributed by atoms with Crippen LogP contribution in [0.1, 0.15) is 5.56 Å². The Labute approximate surface area is 319 Å². The summed E-state index contributed by atoms with van der Waals surface area (Å²) in [5.74, 6) is 0. The highest BCUT2D eigenvalue weighted by Gasteiger charge is 2.19. The molecule has 2 nitrogen and oxygen atoms in total. The second-order valence-corrected chi connectivity index (χ2v) is 14.5. The lowest BCUT2D eigenvalue weighted by molar-refractivity contribution is 0.673. The molecule has 0 unspecified atom stereocenters. The zero-order valence-electron chi connectivity index (χ0n) is 30.1. The fourth-order valence-electron chi connectivity index (χ4n) is 8.53. The molecule has 0 N–H and O–H groups in total. The lowest BCUT2D eigenvalue weighted by Crippen LogP contribution is -2.17. The first-order valence-electron chi connectivity index (χ1n) is 18.9. The van der Waals surface area contributed by atoms with Gasteiger partial charge in [-0.15, -0.1) is 0 Å². The van der Waals surface area contributed by atoms with E-state index in [1.54, 1.807) is 0 Å². The van der Waals surface area contributed by atoms with Crippen LogP contribution < -0.4 is 4.90 Å². The zero-order valence-corrected chi connectivity index (χ0v) is 30.1. The standard InChI is InChI=1S/C53H35NO/c1-2-13-39-32-40(22-20-35(39)10-1)36-24-27-43(28-25-36)54(44-29-31-47-41(33-44)23-21-37-11-3-6-15-45(37)47)34-42-14-5-7-16-46(42)49-18-9-19-50-51-30-26-38-12-4-8-17-48(38)52(51)55-53(49)50/h1-33H,34H2. The number of fused-ring (bicyclic) bond motifs is 9. The van der Waals surface area contributed by atoms with Gasteiger partial charge in [0.15, 0.2) is 0 Å². The largest absolute Gasteiger partial charge is 0.455 e. The molecule has 0 aliphatic heterocycles. The van der Waals surface area contributed by atoms with Gasteiger partial charge < -0.3 is 9.32 Å². The van der Waals surface area contributed by atoms with Gasteiger partial charge in [0.25, 0.3) is 0 Å². The Bertz CT molecular complexity index is 3240. The molecular formula is C53H35NO. The van der Waals surface area contributed by atoms with Crippen molar-refractivity contribution in [3.05, 3.63) is 206 Å². The molecule has 258 valence electrons. The minimum Gasteiger partial charge on any atom is -0.455 e. The van der Waals surface area contributed by atoms with E-state index in [1.165, 1.54) is 60.0 Å². The summed E-state index contributed by atoms with van der Waals surface area (Å²) in [6.45, 7) is 0.671. The van der Waals surface area contributed by atoms with Gasteiger partial charge in [-0.3, -0.25) is 0 Å². The molecule has 0 amide bonds. The minimum absolute atomic E-state index is 0.671. The van der Waals surface area contributed by atoms with Gasteiger partial charge in [-0.2, -0.15) is 0 Å². The minimum atomic E-state index is 0.671. The summed E-state index contributed by atoms with van der Waals surface area (Å²) in [7, 11) is 0. The summed E-state index contributed by atoms with van der Waals surface area (Å²) >= 11 is 0. The molecule has 0 fully saturated rings. The van der Waals surface area contributed by atoms with Crippen LogP contribution in [0.4, 0.5) is 11.4 Å². The Morgan fingerprint density at radius 2 is 0.891 bits per heavy atom. The molecule has 0 saturated carbocycles. The first kappa shape index (κ1) is 31.4. The summed E-state index contributed by atoms with van der Waals surface area (Å²) in [4.78, 5) is 2.45. The van der Waals surface area contributed by atoms with Gasteiger partial charge in [-0.05, 0) is 96.4 Å². The van der Waals surface area contributed by atoms with Gasteiger partial charge >= 0.3 is 0 Å². The van der Waals surface area contributed by atoms with E-state index < -0.39 is 0 Å². The van der Waals surface area contributed by atoms with Crippen molar-refractivity contribution in [2.45, 2.75) is 6.54 Å². The zero-order chi connectivity index (χ0) is 36.3. The van der Waals surface area contributed by atoms with Gasteiger partial charge in [-0.1, -0.05) is 164 Å². The van der Waals surface area contributed by atoms with Crippen molar-refractivity contribution in [3.63, 3.8) is 0 Å². The number of rotatable bonds is 6. The summed E-state index contributed by atoms with van der Waals surface area (Å²) in [6.07, 6.45) is 0. The van der Waals surface area contributed by atoms with E-state index in [-0.39, 0.29) is 0 Å². The molecule has 0 aliphatic carbocycles. The number of nitrogens with zero attached hydrogens (tertiary/aromatic N) is 1. The Morgan fingerprint density at radius 1 is 0.327 bits per heavy atom. The summed E-state index contributed by atoms with van der Waals surface area (Å²) in [5, 5.41) is 12.1. The summed E-state index contributed by atoms with van der Waals surface area (Å²) < 4.78 is 6.83. The van der Waals surface area contributed by atoms with Crippen molar-refractivity contribution in [1.82, 2.24) is 0 Å². The van der Waals surface area contributed by atoms with Crippen LogP contribution in [0.15, 0.2) is 205 Å².